The van der Waals surface area contributed by atoms with Crippen molar-refractivity contribution in [3.8, 4) is 0 Å². The molecule has 3 heterocycles. The predicted molar refractivity (Wildman–Crippen MR) is 111 cm³/mol. The highest BCUT2D eigenvalue weighted by atomic mass is 16.4. The molecule has 0 atom stereocenters. The number of aliphatic hydroxyl groups excluding tert-OH is 1. The van der Waals surface area contributed by atoms with E-state index < -0.39 is 0 Å². The molecule has 2 aromatic heterocycles. The van der Waals surface area contributed by atoms with Gasteiger partial charge in [0.2, 0.25) is 5.91 Å². The summed E-state index contributed by atoms with van der Waals surface area (Å²) in [5.74, 6) is 0.875. The minimum absolute atomic E-state index is 0.0173. The fourth-order valence-corrected chi connectivity index (χ4v) is 4.29. The van der Waals surface area contributed by atoms with Crippen LogP contribution in [0, 0.1) is 27.7 Å². The summed E-state index contributed by atoms with van der Waals surface area (Å²) in [6, 6.07) is 2.03. The number of carbonyl (C=O) groups excluding carboxylic acids is 1. The van der Waals surface area contributed by atoms with Crippen LogP contribution in [-0.2, 0) is 11.2 Å². The first kappa shape index (κ1) is 19.7. The molecule has 29 heavy (non-hydrogen) atoms. The summed E-state index contributed by atoms with van der Waals surface area (Å²) >= 11 is 0. The molecule has 1 N–H and O–H groups in total. The maximum absolute atomic E-state index is 12.7. The number of hydrogen-bond acceptors (Lipinski definition) is 5. The third-order valence-corrected chi connectivity index (χ3v) is 6.35. The van der Waals surface area contributed by atoms with E-state index in [4.69, 9.17) is 8.83 Å². The summed E-state index contributed by atoms with van der Waals surface area (Å²) in [6.45, 7) is 8.92. The van der Waals surface area contributed by atoms with Crippen LogP contribution in [0.2, 0.25) is 0 Å². The van der Waals surface area contributed by atoms with Crippen LogP contribution < -0.4 is 5.63 Å². The van der Waals surface area contributed by atoms with E-state index in [9.17, 15) is 14.7 Å². The summed E-state index contributed by atoms with van der Waals surface area (Å²) in [6.07, 6.45) is 1.52. The lowest BCUT2D eigenvalue weighted by Gasteiger charge is -2.29. The molecule has 6 heteroatoms. The fraction of sp³-hybridized carbons (Fsp3) is 0.478. The Morgan fingerprint density at radius 3 is 2.34 bits per heavy atom. The lowest BCUT2D eigenvalue weighted by molar-refractivity contribution is -0.133. The largest absolute Gasteiger partial charge is 0.461 e. The van der Waals surface area contributed by atoms with E-state index in [0.29, 0.717) is 43.5 Å². The van der Waals surface area contributed by atoms with Gasteiger partial charge in [0, 0.05) is 41.4 Å². The number of aliphatic hydroxyl groups is 1. The molecule has 1 aliphatic rings. The number of likely N-dealkylation sites (tertiary alicyclic amines) is 1. The van der Waals surface area contributed by atoms with E-state index >= 15 is 0 Å². The van der Waals surface area contributed by atoms with Gasteiger partial charge in [0.1, 0.15) is 16.9 Å². The summed E-state index contributed by atoms with van der Waals surface area (Å²) < 4.78 is 11.6. The third-order valence-electron chi connectivity index (χ3n) is 6.35. The van der Waals surface area contributed by atoms with Crippen LogP contribution in [0.25, 0.3) is 21.9 Å². The Morgan fingerprint density at radius 2 is 1.66 bits per heavy atom. The molecule has 1 aliphatic heterocycles. The second-order valence-electron chi connectivity index (χ2n) is 8.14. The van der Waals surface area contributed by atoms with Crippen LogP contribution in [0.15, 0.2) is 19.7 Å². The van der Waals surface area contributed by atoms with E-state index in [1.54, 1.807) is 4.90 Å². The first-order valence-electron chi connectivity index (χ1n) is 10.2. The average molecular weight is 397 g/mol. The van der Waals surface area contributed by atoms with Crippen molar-refractivity contribution in [2.45, 2.75) is 59.5 Å². The first-order chi connectivity index (χ1) is 13.8. The first-order valence-corrected chi connectivity index (χ1v) is 10.2. The number of nitrogens with zero attached hydrogens (tertiary/aromatic N) is 1. The van der Waals surface area contributed by atoms with Crippen LogP contribution in [0.4, 0.5) is 0 Å². The Balaban J connectivity index is 1.68. The van der Waals surface area contributed by atoms with Crippen molar-refractivity contribution in [1.82, 2.24) is 4.90 Å². The second kappa shape index (κ2) is 7.34. The summed E-state index contributed by atoms with van der Waals surface area (Å²) in [4.78, 5) is 27.0. The molecule has 0 saturated carbocycles. The normalized spacial score (nSPS) is 15.6. The van der Waals surface area contributed by atoms with Crippen LogP contribution in [0.1, 0.15) is 47.3 Å². The van der Waals surface area contributed by atoms with Crippen LogP contribution >= 0.6 is 0 Å². The highest BCUT2D eigenvalue weighted by Gasteiger charge is 2.23. The number of furan rings is 1. The molecule has 1 saturated heterocycles. The van der Waals surface area contributed by atoms with E-state index in [-0.39, 0.29) is 24.1 Å². The molecule has 3 aromatic rings. The molecular formula is C23H27NO5. The summed E-state index contributed by atoms with van der Waals surface area (Å²) in [7, 11) is 0. The van der Waals surface area contributed by atoms with Gasteiger partial charge in [-0.05, 0) is 64.2 Å². The van der Waals surface area contributed by atoms with Crippen molar-refractivity contribution >= 4 is 27.8 Å². The lowest BCUT2D eigenvalue weighted by Crippen LogP contribution is -2.40. The van der Waals surface area contributed by atoms with E-state index in [1.165, 1.54) is 0 Å². The monoisotopic (exact) mass is 397 g/mol. The number of piperidine rings is 1. The molecule has 0 radical (unpaired) electrons. The fourth-order valence-electron chi connectivity index (χ4n) is 4.29. The van der Waals surface area contributed by atoms with E-state index in [0.717, 1.165) is 38.8 Å². The van der Waals surface area contributed by atoms with Gasteiger partial charge in [0.25, 0.3) is 0 Å². The van der Waals surface area contributed by atoms with Crippen LogP contribution in [-0.4, -0.2) is 35.1 Å². The minimum atomic E-state index is -0.390. The molecule has 154 valence electrons. The minimum Gasteiger partial charge on any atom is -0.461 e. The van der Waals surface area contributed by atoms with Crippen molar-refractivity contribution in [2.24, 2.45) is 0 Å². The van der Waals surface area contributed by atoms with E-state index in [2.05, 4.69) is 0 Å². The standard InChI is InChI=1S/C23H27NO5/c1-12-15(4)28-21-14(3)22-19(11-18(12)21)13(2)17(23(27)29-22)5-6-20(26)24-9-7-16(25)8-10-24/h11,16,25H,5-10H2,1-4H3. The van der Waals surface area contributed by atoms with Crippen molar-refractivity contribution in [3.05, 3.63) is 44.5 Å². The number of carbonyl (C=O) groups is 1. The molecule has 6 nitrogen and oxygen atoms in total. The van der Waals surface area contributed by atoms with Crippen molar-refractivity contribution < 1.29 is 18.7 Å². The number of amides is 1. The van der Waals surface area contributed by atoms with Gasteiger partial charge in [-0.15, -0.1) is 0 Å². The Kier molecular flexibility index (Phi) is 4.99. The molecule has 4 rings (SSSR count). The maximum Gasteiger partial charge on any atom is 0.339 e. The van der Waals surface area contributed by atoms with E-state index in [1.807, 2.05) is 33.8 Å². The zero-order chi connectivity index (χ0) is 20.9. The smallest absolute Gasteiger partial charge is 0.339 e. The quantitative estimate of drug-likeness (QED) is 0.682. The van der Waals surface area contributed by atoms with Crippen LogP contribution in [0.3, 0.4) is 0 Å². The highest BCUT2D eigenvalue weighted by Crippen LogP contribution is 2.34. The molecular weight excluding hydrogens is 370 g/mol. The molecule has 0 bridgehead atoms. The van der Waals surface area contributed by atoms with Crippen molar-refractivity contribution in [2.75, 3.05) is 13.1 Å². The maximum atomic E-state index is 12.7. The Labute approximate surface area is 169 Å². The summed E-state index contributed by atoms with van der Waals surface area (Å²) in [5.41, 5.74) is 4.24. The Bertz CT molecular complexity index is 1160. The molecule has 0 spiro atoms. The molecule has 1 fully saturated rings. The van der Waals surface area contributed by atoms with Gasteiger partial charge in [0.05, 0.1) is 6.10 Å². The lowest BCUT2D eigenvalue weighted by atomic mass is 9.98. The van der Waals surface area contributed by atoms with Crippen molar-refractivity contribution in [3.63, 3.8) is 0 Å². The zero-order valence-corrected chi connectivity index (χ0v) is 17.4. The van der Waals surface area contributed by atoms with Gasteiger partial charge < -0.3 is 18.8 Å². The number of fused-ring (bicyclic) bond motifs is 2. The number of benzene rings is 1. The molecule has 1 aromatic carbocycles. The van der Waals surface area contributed by atoms with Gasteiger partial charge in [-0.3, -0.25) is 4.79 Å². The zero-order valence-electron chi connectivity index (χ0n) is 17.4. The SMILES string of the molecule is Cc1oc2c(C)c3oc(=O)c(CCC(=O)N4CCC(O)CC4)c(C)c3cc2c1C. The van der Waals surface area contributed by atoms with Crippen LogP contribution in [0.5, 0.6) is 0 Å². The molecule has 0 unspecified atom stereocenters. The van der Waals surface area contributed by atoms with Gasteiger partial charge in [-0.2, -0.15) is 0 Å². The van der Waals surface area contributed by atoms with Gasteiger partial charge in [-0.25, -0.2) is 4.79 Å². The number of hydrogen-bond donors (Lipinski definition) is 1. The molecule has 0 aliphatic carbocycles. The van der Waals surface area contributed by atoms with Crippen molar-refractivity contribution in [1.29, 1.82) is 0 Å². The molecule has 1 amide bonds. The van der Waals surface area contributed by atoms with Gasteiger partial charge in [-0.1, -0.05) is 0 Å². The number of rotatable bonds is 3. The topological polar surface area (TPSA) is 83.9 Å². The predicted octanol–water partition coefficient (Wildman–Crippen LogP) is 3.69. The Morgan fingerprint density at radius 1 is 1.03 bits per heavy atom. The number of aryl methyl sites for hydroxylation is 4. The van der Waals surface area contributed by atoms with Gasteiger partial charge >= 0.3 is 5.63 Å². The van der Waals surface area contributed by atoms with Gasteiger partial charge in [0.15, 0.2) is 0 Å². The Hall–Kier alpha value is -2.60. The average Bonchev–Trinajstić information content (AvgIpc) is 2.98. The summed E-state index contributed by atoms with van der Waals surface area (Å²) in [5, 5.41) is 11.5. The third kappa shape index (κ3) is 3.35. The second-order valence-corrected chi connectivity index (χ2v) is 8.14. The highest BCUT2D eigenvalue weighted by molar-refractivity contribution is 6.00.